The van der Waals surface area contributed by atoms with Crippen LogP contribution in [0.15, 0.2) is 71.6 Å². The average molecular weight is 645 g/mol. The fraction of sp³-hybridized carbons (Fsp3) is 0.286. The van der Waals surface area contributed by atoms with Crippen LogP contribution in [0.2, 0.25) is 20.1 Å². The van der Waals surface area contributed by atoms with E-state index in [2.05, 4.69) is 5.32 Å². The second-order valence-electron chi connectivity index (χ2n) is 8.99. The van der Waals surface area contributed by atoms with Gasteiger partial charge in [-0.05, 0) is 55.3 Å². The van der Waals surface area contributed by atoms with E-state index < -0.39 is 28.5 Å². The molecule has 3 aromatic rings. The molecule has 12 heteroatoms. The van der Waals surface area contributed by atoms with Gasteiger partial charge in [-0.1, -0.05) is 90.1 Å². The van der Waals surface area contributed by atoms with Gasteiger partial charge in [0, 0.05) is 13.1 Å². The molecule has 0 aliphatic carbocycles. The van der Waals surface area contributed by atoms with Crippen LogP contribution in [-0.4, -0.2) is 44.3 Å². The quantitative estimate of drug-likeness (QED) is 0.219. The molecule has 0 bridgehead atoms. The molecule has 0 aromatic heterocycles. The summed E-state index contributed by atoms with van der Waals surface area (Å²) in [6, 6.07) is 16.1. The van der Waals surface area contributed by atoms with E-state index in [-0.39, 0.29) is 38.1 Å². The number of nitrogens with one attached hydrogen (secondary N) is 1. The standard InChI is InChI=1S/C28H29Cl4N3O4S/c1-3-4-15-33-28(37)19(2)34(17-20-13-14-22(29)24(31)16-20)26(36)18-35(25-12-8-11-23(30)27(25)32)40(38,39)21-9-6-5-7-10-21/h5-14,16,19H,3-4,15,17-18H2,1-2H3,(H,33,37). The molecule has 2 amide bonds. The van der Waals surface area contributed by atoms with E-state index in [4.69, 9.17) is 46.4 Å². The van der Waals surface area contributed by atoms with Gasteiger partial charge in [0.05, 0.1) is 30.7 Å². The van der Waals surface area contributed by atoms with Crippen LogP contribution >= 0.6 is 46.4 Å². The second-order valence-corrected chi connectivity index (χ2v) is 12.5. The van der Waals surface area contributed by atoms with Gasteiger partial charge in [0.15, 0.2) is 0 Å². The van der Waals surface area contributed by atoms with E-state index in [0.29, 0.717) is 17.1 Å². The zero-order chi connectivity index (χ0) is 29.4. The lowest BCUT2D eigenvalue weighted by atomic mass is 10.1. The Morgan fingerprint density at radius 1 is 0.900 bits per heavy atom. The van der Waals surface area contributed by atoms with Gasteiger partial charge in [-0.15, -0.1) is 0 Å². The van der Waals surface area contributed by atoms with E-state index in [1.54, 1.807) is 49.4 Å². The summed E-state index contributed by atoms with van der Waals surface area (Å²) in [6.45, 7) is 3.35. The van der Waals surface area contributed by atoms with E-state index in [9.17, 15) is 18.0 Å². The first-order chi connectivity index (χ1) is 19.0. The van der Waals surface area contributed by atoms with Gasteiger partial charge in [0.2, 0.25) is 11.8 Å². The monoisotopic (exact) mass is 643 g/mol. The Hall–Kier alpha value is -2.49. The number of hydrogen-bond acceptors (Lipinski definition) is 4. The van der Waals surface area contributed by atoms with Crippen molar-refractivity contribution in [3.63, 3.8) is 0 Å². The molecule has 0 fully saturated rings. The molecule has 0 aliphatic rings. The molecule has 0 aliphatic heterocycles. The van der Waals surface area contributed by atoms with Crippen molar-refractivity contribution in [3.05, 3.63) is 92.4 Å². The number of carbonyl (C=O) groups is 2. The lowest BCUT2D eigenvalue weighted by molar-refractivity contribution is -0.139. The zero-order valence-corrected chi connectivity index (χ0v) is 25.8. The highest BCUT2D eigenvalue weighted by molar-refractivity contribution is 7.92. The van der Waals surface area contributed by atoms with E-state index >= 15 is 0 Å². The molecule has 3 rings (SSSR count). The number of benzene rings is 3. The lowest BCUT2D eigenvalue weighted by Crippen LogP contribution is -2.51. The van der Waals surface area contributed by atoms with Gasteiger partial charge in [-0.2, -0.15) is 0 Å². The summed E-state index contributed by atoms with van der Waals surface area (Å²) in [5, 5.41) is 3.54. The number of amides is 2. The van der Waals surface area contributed by atoms with Gasteiger partial charge in [0.25, 0.3) is 10.0 Å². The van der Waals surface area contributed by atoms with Crippen molar-refractivity contribution in [2.45, 2.75) is 44.2 Å². The molecule has 3 aromatic carbocycles. The number of anilines is 1. The molecule has 0 saturated heterocycles. The van der Waals surface area contributed by atoms with Gasteiger partial charge in [0.1, 0.15) is 12.6 Å². The average Bonchev–Trinajstić information content (AvgIpc) is 2.94. The maximum absolute atomic E-state index is 13.9. The Balaban J connectivity index is 2.04. The van der Waals surface area contributed by atoms with Crippen LogP contribution < -0.4 is 9.62 Å². The molecule has 1 unspecified atom stereocenters. The molecule has 40 heavy (non-hydrogen) atoms. The second kappa shape index (κ2) is 14.4. The van der Waals surface area contributed by atoms with Crippen LogP contribution in [-0.2, 0) is 26.2 Å². The molecule has 0 radical (unpaired) electrons. The number of nitrogens with zero attached hydrogens (tertiary/aromatic N) is 2. The van der Waals surface area contributed by atoms with E-state index in [1.807, 2.05) is 6.92 Å². The Labute approximate surface area is 255 Å². The van der Waals surface area contributed by atoms with Crippen LogP contribution in [0.1, 0.15) is 32.3 Å². The molecule has 1 atom stereocenters. The first-order valence-electron chi connectivity index (χ1n) is 12.5. The topological polar surface area (TPSA) is 86.8 Å². The first kappa shape index (κ1) is 32.0. The molecule has 0 saturated carbocycles. The highest BCUT2D eigenvalue weighted by atomic mass is 35.5. The maximum Gasteiger partial charge on any atom is 0.264 e. The Bertz CT molecular complexity index is 1460. The fourth-order valence-corrected chi connectivity index (χ4v) is 6.09. The SMILES string of the molecule is CCCCNC(=O)C(C)N(Cc1ccc(Cl)c(Cl)c1)C(=O)CN(c1cccc(Cl)c1Cl)S(=O)(=O)c1ccccc1. The summed E-state index contributed by atoms with van der Waals surface area (Å²) in [6.07, 6.45) is 1.66. The van der Waals surface area contributed by atoms with E-state index in [1.165, 1.54) is 29.2 Å². The Morgan fingerprint density at radius 3 is 2.25 bits per heavy atom. The van der Waals surface area contributed by atoms with Crippen molar-refractivity contribution in [3.8, 4) is 0 Å². The highest BCUT2D eigenvalue weighted by Crippen LogP contribution is 2.35. The molecule has 0 spiro atoms. The van der Waals surface area contributed by atoms with Gasteiger partial charge in [-0.25, -0.2) is 8.42 Å². The minimum Gasteiger partial charge on any atom is -0.354 e. The van der Waals surface area contributed by atoms with E-state index in [0.717, 1.165) is 17.1 Å². The minimum absolute atomic E-state index is 0.0272. The summed E-state index contributed by atoms with van der Waals surface area (Å²) < 4.78 is 28.5. The lowest BCUT2D eigenvalue weighted by Gasteiger charge is -2.32. The summed E-state index contributed by atoms with van der Waals surface area (Å²) in [7, 11) is -4.27. The molecular weight excluding hydrogens is 616 g/mol. The fourth-order valence-electron chi connectivity index (χ4n) is 3.87. The third-order valence-electron chi connectivity index (χ3n) is 6.14. The zero-order valence-electron chi connectivity index (χ0n) is 21.9. The van der Waals surface area contributed by atoms with Gasteiger partial charge < -0.3 is 10.2 Å². The number of hydrogen-bond donors (Lipinski definition) is 1. The van der Waals surface area contributed by atoms with Crippen molar-refractivity contribution in [1.82, 2.24) is 10.2 Å². The number of unbranched alkanes of at least 4 members (excludes halogenated alkanes) is 1. The van der Waals surface area contributed by atoms with Gasteiger partial charge in [-0.3, -0.25) is 13.9 Å². The van der Waals surface area contributed by atoms with Crippen molar-refractivity contribution in [1.29, 1.82) is 0 Å². The summed E-state index contributed by atoms with van der Waals surface area (Å²) >= 11 is 24.9. The number of sulfonamides is 1. The maximum atomic E-state index is 13.9. The van der Waals surface area contributed by atoms with Crippen LogP contribution in [0, 0.1) is 0 Å². The first-order valence-corrected chi connectivity index (χ1v) is 15.5. The van der Waals surface area contributed by atoms with Crippen LogP contribution in [0.3, 0.4) is 0 Å². The number of carbonyl (C=O) groups excluding carboxylic acids is 2. The summed E-state index contributed by atoms with van der Waals surface area (Å²) in [4.78, 5) is 28.2. The van der Waals surface area contributed by atoms with Crippen molar-refractivity contribution >= 4 is 73.9 Å². The predicted molar refractivity (Wildman–Crippen MR) is 162 cm³/mol. The third kappa shape index (κ3) is 7.83. The van der Waals surface area contributed by atoms with Crippen molar-refractivity contribution in [2.75, 3.05) is 17.4 Å². The highest BCUT2D eigenvalue weighted by Gasteiger charge is 2.33. The molecule has 0 heterocycles. The third-order valence-corrected chi connectivity index (χ3v) is 9.47. The normalized spacial score (nSPS) is 12.1. The van der Waals surface area contributed by atoms with Crippen LogP contribution in [0.25, 0.3) is 0 Å². The largest absolute Gasteiger partial charge is 0.354 e. The minimum atomic E-state index is -4.27. The number of rotatable bonds is 12. The van der Waals surface area contributed by atoms with Crippen molar-refractivity contribution in [2.24, 2.45) is 0 Å². The summed E-state index contributed by atoms with van der Waals surface area (Å²) in [5.41, 5.74) is 0.634. The molecule has 214 valence electrons. The number of halogens is 4. The van der Waals surface area contributed by atoms with Crippen LogP contribution in [0.4, 0.5) is 5.69 Å². The summed E-state index contributed by atoms with van der Waals surface area (Å²) in [5.74, 6) is -1.01. The molecule has 7 nitrogen and oxygen atoms in total. The Kier molecular flexibility index (Phi) is 11.5. The molecule has 1 N–H and O–H groups in total. The Morgan fingerprint density at radius 2 is 1.60 bits per heavy atom. The smallest absolute Gasteiger partial charge is 0.264 e. The predicted octanol–water partition coefficient (Wildman–Crippen LogP) is 6.83. The van der Waals surface area contributed by atoms with Crippen molar-refractivity contribution < 1.29 is 18.0 Å². The van der Waals surface area contributed by atoms with Crippen LogP contribution in [0.5, 0.6) is 0 Å². The molecular formula is C28H29Cl4N3O4S. The van der Waals surface area contributed by atoms with Gasteiger partial charge >= 0.3 is 0 Å².